The number of hydrogen-bond donors (Lipinski definition) is 1. The molecule has 0 saturated carbocycles. The van der Waals surface area contributed by atoms with Crippen LogP contribution >= 0.6 is 15.9 Å². The van der Waals surface area contributed by atoms with Gasteiger partial charge in [0.1, 0.15) is 0 Å². The van der Waals surface area contributed by atoms with Crippen LogP contribution in [0.4, 0.5) is 0 Å². The van der Waals surface area contributed by atoms with Crippen LogP contribution in [-0.4, -0.2) is 42.9 Å². The van der Waals surface area contributed by atoms with Crippen molar-refractivity contribution in [2.45, 2.75) is 18.9 Å². The SMILES string of the molecule is OCCOCCN1CCC[C@@H]1c1ccccc1Br. The first-order chi connectivity index (χ1) is 8.83. The topological polar surface area (TPSA) is 32.7 Å². The Balaban J connectivity index is 1.93. The molecule has 1 aliphatic heterocycles. The normalized spacial score (nSPS) is 20.4. The van der Waals surface area contributed by atoms with Gasteiger partial charge in [0.15, 0.2) is 0 Å². The molecule has 3 nitrogen and oxygen atoms in total. The smallest absolute Gasteiger partial charge is 0.0698 e. The lowest BCUT2D eigenvalue weighted by atomic mass is 10.0. The Morgan fingerprint density at radius 2 is 2.17 bits per heavy atom. The van der Waals surface area contributed by atoms with Crippen molar-refractivity contribution in [2.75, 3.05) is 32.9 Å². The Morgan fingerprint density at radius 1 is 1.33 bits per heavy atom. The lowest BCUT2D eigenvalue weighted by Crippen LogP contribution is -2.27. The van der Waals surface area contributed by atoms with E-state index in [1.165, 1.54) is 22.9 Å². The summed E-state index contributed by atoms with van der Waals surface area (Å²) < 4.78 is 6.55. The standard InChI is InChI=1S/C14H20BrNO2/c15-13-5-2-1-4-12(13)14-6-3-7-16(14)8-10-18-11-9-17/h1-2,4-5,14,17H,3,6-11H2/t14-/m1/s1. The van der Waals surface area contributed by atoms with E-state index in [4.69, 9.17) is 9.84 Å². The average molecular weight is 314 g/mol. The molecule has 1 aromatic carbocycles. The zero-order chi connectivity index (χ0) is 12.8. The Labute approximate surface area is 117 Å². The molecule has 0 aliphatic carbocycles. The van der Waals surface area contributed by atoms with E-state index in [9.17, 15) is 0 Å². The summed E-state index contributed by atoms with van der Waals surface area (Å²) in [4.78, 5) is 2.47. The summed E-state index contributed by atoms with van der Waals surface area (Å²) in [7, 11) is 0. The molecule has 1 atom stereocenters. The Kier molecular flexibility index (Phi) is 5.63. The second kappa shape index (κ2) is 7.24. The molecular formula is C14H20BrNO2. The van der Waals surface area contributed by atoms with Gasteiger partial charge in [-0.3, -0.25) is 4.90 Å². The van der Waals surface area contributed by atoms with Crippen molar-refractivity contribution in [3.05, 3.63) is 34.3 Å². The number of benzene rings is 1. The Hall–Kier alpha value is -0.420. The summed E-state index contributed by atoms with van der Waals surface area (Å²) in [6.07, 6.45) is 2.45. The van der Waals surface area contributed by atoms with Crippen molar-refractivity contribution in [3.63, 3.8) is 0 Å². The molecule has 4 heteroatoms. The summed E-state index contributed by atoms with van der Waals surface area (Å²) in [5.74, 6) is 0. The number of aliphatic hydroxyl groups is 1. The van der Waals surface area contributed by atoms with Crippen LogP contribution in [0.1, 0.15) is 24.4 Å². The minimum atomic E-state index is 0.105. The van der Waals surface area contributed by atoms with Crippen LogP contribution in [-0.2, 0) is 4.74 Å². The largest absolute Gasteiger partial charge is 0.394 e. The molecule has 1 aromatic rings. The summed E-state index contributed by atoms with van der Waals surface area (Å²) in [6, 6.07) is 8.95. The molecule has 0 amide bonds. The van der Waals surface area contributed by atoms with E-state index in [2.05, 4.69) is 45.1 Å². The molecule has 0 unspecified atom stereocenters. The van der Waals surface area contributed by atoms with E-state index in [1.807, 2.05) is 0 Å². The van der Waals surface area contributed by atoms with Crippen LogP contribution in [0.3, 0.4) is 0 Å². The highest BCUT2D eigenvalue weighted by Crippen LogP contribution is 2.35. The maximum atomic E-state index is 8.68. The number of ether oxygens (including phenoxy) is 1. The maximum Gasteiger partial charge on any atom is 0.0698 e. The van der Waals surface area contributed by atoms with Gasteiger partial charge in [-0.25, -0.2) is 0 Å². The van der Waals surface area contributed by atoms with Crippen molar-refractivity contribution < 1.29 is 9.84 Å². The molecule has 18 heavy (non-hydrogen) atoms. The highest BCUT2D eigenvalue weighted by Gasteiger charge is 2.26. The zero-order valence-corrected chi connectivity index (χ0v) is 12.1. The van der Waals surface area contributed by atoms with Crippen LogP contribution in [0.2, 0.25) is 0 Å². The number of rotatable bonds is 6. The minimum absolute atomic E-state index is 0.105. The van der Waals surface area contributed by atoms with E-state index in [0.29, 0.717) is 19.3 Å². The molecular weight excluding hydrogens is 294 g/mol. The molecule has 1 saturated heterocycles. The molecule has 1 fully saturated rings. The first-order valence-corrected chi connectivity index (χ1v) is 7.29. The number of aliphatic hydroxyl groups excluding tert-OH is 1. The third-order valence-electron chi connectivity index (χ3n) is 3.39. The fraction of sp³-hybridized carbons (Fsp3) is 0.571. The summed E-state index contributed by atoms with van der Waals surface area (Å²) in [6.45, 7) is 3.31. The van der Waals surface area contributed by atoms with Gasteiger partial charge in [0.2, 0.25) is 0 Å². The van der Waals surface area contributed by atoms with E-state index in [-0.39, 0.29) is 6.61 Å². The first kappa shape index (κ1) is 14.0. The summed E-state index contributed by atoms with van der Waals surface area (Å²) >= 11 is 3.64. The van der Waals surface area contributed by atoms with Crippen LogP contribution < -0.4 is 0 Å². The fourth-order valence-electron chi connectivity index (χ4n) is 2.54. The van der Waals surface area contributed by atoms with Gasteiger partial charge in [-0.2, -0.15) is 0 Å². The van der Waals surface area contributed by atoms with Gasteiger partial charge in [0.05, 0.1) is 19.8 Å². The maximum absolute atomic E-state index is 8.68. The summed E-state index contributed by atoms with van der Waals surface area (Å²) in [5, 5.41) is 8.68. The van der Waals surface area contributed by atoms with Crippen LogP contribution in [0, 0.1) is 0 Å². The van der Waals surface area contributed by atoms with Gasteiger partial charge in [0, 0.05) is 17.1 Å². The quantitative estimate of drug-likeness (QED) is 0.819. The van der Waals surface area contributed by atoms with Crippen molar-refractivity contribution in [1.82, 2.24) is 4.90 Å². The van der Waals surface area contributed by atoms with Gasteiger partial charge >= 0.3 is 0 Å². The number of nitrogens with zero attached hydrogens (tertiary/aromatic N) is 1. The van der Waals surface area contributed by atoms with Gasteiger partial charge in [-0.1, -0.05) is 34.1 Å². The average Bonchev–Trinajstić information content (AvgIpc) is 2.83. The second-order valence-electron chi connectivity index (χ2n) is 4.55. The number of likely N-dealkylation sites (tertiary alicyclic amines) is 1. The predicted octanol–water partition coefficient (Wildman–Crippen LogP) is 2.59. The monoisotopic (exact) mass is 313 g/mol. The molecule has 0 aromatic heterocycles. The molecule has 0 bridgehead atoms. The Morgan fingerprint density at radius 3 is 2.94 bits per heavy atom. The predicted molar refractivity (Wildman–Crippen MR) is 75.6 cm³/mol. The van der Waals surface area contributed by atoms with Crippen LogP contribution in [0.25, 0.3) is 0 Å². The fourth-order valence-corrected chi connectivity index (χ4v) is 3.09. The van der Waals surface area contributed by atoms with E-state index >= 15 is 0 Å². The number of hydrogen-bond acceptors (Lipinski definition) is 3. The lowest BCUT2D eigenvalue weighted by molar-refractivity contribution is 0.0709. The lowest BCUT2D eigenvalue weighted by Gasteiger charge is -2.25. The number of halogens is 1. The zero-order valence-electron chi connectivity index (χ0n) is 10.5. The molecule has 2 rings (SSSR count). The van der Waals surface area contributed by atoms with E-state index < -0.39 is 0 Å². The third kappa shape index (κ3) is 3.54. The minimum Gasteiger partial charge on any atom is -0.394 e. The van der Waals surface area contributed by atoms with Crippen LogP contribution in [0.15, 0.2) is 28.7 Å². The Bertz CT molecular complexity index is 373. The molecule has 0 spiro atoms. The first-order valence-electron chi connectivity index (χ1n) is 6.50. The van der Waals surface area contributed by atoms with Gasteiger partial charge < -0.3 is 9.84 Å². The molecule has 1 N–H and O–H groups in total. The molecule has 1 aliphatic rings. The van der Waals surface area contributed by atoms with Gasteiger partial charge in [0.25, 0.3) is 0 Å². The van der Waals surface area contributed by atoms with Gasteiger partial charge in [-0.15, -0.1) is 0 Å². The van der Waals surface area contributed by atoms with Gasteiger partial charge in [-0.05, 0) is 31.0 Å². The van der Waals surface area contributed by atoms with Crippen molar-refractivity contribution >= 4 is 15.9 Å². The van der Waals surface area contributed by atoms with E-state index in [1.54, 1.807) is 0 Å². The molecule has 0 radical (unpaired) electrons. The highest BCUT2D eigenvalue weighted by atomic mass is 79.9. The van der Waals surface area contributed by atoms with Crippen LogP contribution in [0.5, 0.6) is 0 Å². The third-order valence-corrected chi connectivity index (χ3v) is 4.11. The highest BCUT2D eigenvalue weighted by molar-refractivity contribution is 9.10. The van der Waals surface area contributed by atoms with Crippen molar-refractivity contribution in [1.29, 1.82) is 0 Å². The molecule has 100 valence electrons. The van der Waals surface area contributed by atoms with Crippen molar-refractivity contribution in [2.24, 2.45) is 0 Å². The van der Waals surface area contributed by atoms with E-state index in [0.717, 1.165) is 13.1 Å². The second-order valence-corrected chi connectivity index (χ2v) is 5.41. The summed E-state index contributed by atoms with van der Waals surface area (Å²) in [5.41, 5.74) is 1.37. The van der Waals surface area contributed by atoms with Crippen molar-refractivity contribution in [3.8, 4) is 0 Å². The molecule has 1 heterocycles.